The van der Waals surface area contributed by atoms with Crippen LogP contribution in [0.2, 0.25) is 0 Å². The third kappa shape index (κ3) is 10.2. The number of likely N-dealkylation sites (tertiary alicyclic amines) is 2. The largest absolute Gasteiger partial charge is 0.507 e. The fraction of sp³-hybridized carbons (Fsp3) is 0.826. The summed E-state index contributed by atoms with van der Waals surface area (Å²) in [5, 5.41) is 11.6. The van der Waals surface area contributed by atoms with Gasteiger partial charge in [-0.25, -0.2) is 0 Å². The number of benzene rings is 1. The van der Waals surface area contributed by atoms with E-state index in [4.69, 9.17) is 9.47 Å². The average Bonchev–Trinajstić information content (AvgIpc) is 2.97. The molecule has 0 unspecified atom stereocenters. The first-order valence-electron chi connectivity index (χ1n) is 20.9. The lowest BCUT2D eigenvalue weighted by Crippen LogP contribution is -2.63. The van der Waals surface area contributed by atoms with Gasteiger partial charge in [0.2, 0.25) is 0 Å². The molecule has 3 rings (SSSR count). The van der Waals surface area contributed by atoms with Crippen LogP contribution >= 0.6 is 0 Å². The fourth-order valence-corrected chi connectivity index (χ4v) is 10.1. The van der Waals surface area contributed by atoms with E-state index in [9.17, 15) is 5.11 Å². The molecule has 304 valence electrons. The number of carbonyl (C=O) groups is 2. The number of rotatable bonds is 13. The molecule has 7 heteroatoms. The first-order valence-corrected chi connectivity index (χ1v) is 20.9. The topological polar surface area (TPSA) is 79.3 Å². The zero-order chi connectivity index (χ0) is 40.6. The number of esters is 2. The SMILES string of the molecule is CCCCC(Cc1cc(C(C)(C)C)c(O)c(C(C)(C)C)c1)(C(=O)OC1CC(C)(C)N(CCC)C(C)(C)C1)C(=O)OC1CC(C)(C)N(CCC)C(C)(C)C1. The van der Waals surface area contributed by atoms with Crippen LogP contribution in [0.25, 0.3) is 0 Å². The van der Waals surface area contributed by atoms with Crippen LogP contribution in [0, 0.1) is 5.41 Å². The Balaban J connectivity index is 2.19. The van der Waals surface area contributed by atoms with E-state index < -0.39 is 17.4 Å². The van der Waals surface area contributed by atoms with Gasteiger partial charge < -0.3 is 14.6 Å². The number of hydrogen-bond donors (Lipinski definition) is 1. The molecule has 0 radical (unpaired) electrons. The molecule has 2 fully saturated rings. The van der Waals surface area contributed by atoms with E-state index in [0.717, 1.165) is 49.0 Å². The minimum atomic E-state index is -1.54. The van der Waals surface area contributed by atoms with Crippen LogP contribution < -0.4 is 0 Å². The summed E-state index contributed by atoms with van der Waals surface area (Å²) in [6.07, 6.45) is 6.20. The van der Waals surface area contributed by atoms with Gasteiger partial charge in [0.05, 0.1) is 0 Å². The van der Waals surface area contributed by atoms with Gasteiger partial charge >= 0.3 is 11.9 Å². The maximum Gasteiger partial charge on any atom is 0.324 e. The number of nitrogens with zero attached hydrogens (tertiary/aromatic N) is 2. The Bertz CT molecular complexity index is 1290. The Kier molecular flexibility index (Phi) is 13.8. The summed E-state index contributed by atoms with van der Waals surface area (Å²) in [5.74, 6) is -0.660. The van der Waals surface area contributed by atoms with E-state index >= 15 is 9.59 Å². The van der Waals surface area contributed by atoms with Crippen LogP contribution in [-0.2, 0) is 36.3 Å². The number of phenolic OH excluding ortho intramolecular Hbond substituents is 1. The van der Waals surface area contributed by atoms with E-state index in [0.29, 0.717) is 38.5 Å². The first-order chi connectivity index (χ1) is 24.1. The summed E-state index contributed by atoms with van der Waals surface area (Å²) in [4.78, 5) is 35.5. The Morgan fingerprint density at radius 1 is 0.660 bits per heavy atom. The van der Waals surface area contributed by atoms with Gasteiger partial charge in [-0.3, -0.25) is 19.4 Å². The molecular weight excluding hydrogens is 661 g/mol. The second-order valence-electron chi connectivity index (χ2n) is 21.3. The highest BCUT2D eigenvalue weighted by atomic mass is 16.6. The second-order valence-corrected chi connectivity index (χ2v) is 21.3. The van der Waals surface area contributed by atoms with Crippen LogP contribution in [0.3, 0.4) is 0 Å². The highest BCUT2D eigenvalue weighted by Gasteiger charge is 2.54. The lowest BCUT2D eigenvalue weighted by atomic mass is 9.73. The van der Waals surface area contributed by atoms with Crippen molar-refractivity contribution in [1.29, 1.82) is 0 Å². The summed E-state index contributed by atoms with van der Waals surface area (Å²) in [6.45, 7) is 39.0. The zero-order valence-corrected chi connectivity index (χ0v) is 37.3. The average molecular weight is 741 g/mol. The van der Waals surface area contributed by atoms with Crippen molar-refractivity contribution in [3.05, 3.63) is 28.8 Å². The number of hydrogen-bond acceptors (Lipinski definition) is 7. The normalized spacial score (nSPS) is 21.4. The summed E-state index contributed by atoms with van der Waals surface area (Å²) in [7, 11) is 0. The van der Waals surface area contributed by atoms with Gasteiger partial charge in [0.1, 0.15) is 18.0 Å². The molecule has 0 saturated carbocycles. The minimum Gasteiger partial charge on any atom is -0.507 e. The van der Waals surface area contributed by atoms with Crippen molar-refractivity contribution in [2.75, 3.05) is 13.1 Å². The predicted molar refractivity (Wildman–Crippen MR) is 220 cm³/mol. The summed E-state index contributed by atoms with van der Waals surface area (Å²) < 4.78 is 13.3. The van der Waals surface area contributed by atoms with E-state index in [1.165, 1.54) is 0 Å². The maximum atomic E-state index is 15.2. The third-order valence-corrected chi connectivity index (χ3v) is 12.3. The highest BCUT2D eigenvalue weighted by molar-refractivity contribution is 6.00. The number of phenols is 1. The number of ether oxygens (including phenoxy) is 2. The molecule has 2 heterocycles. The van der Waals surface area contributed by atoms with Crippen molar-refractivity contribution < 1.29 is 24.2 Å². The third-order valence-electron chi connectivity index (χ3n) is 12.3. The summed E-state index contributed by atoms with van der Waals surface area (Å²) in [6, 6.07) is 4.02. The van der Waals surface area contributed by atoms with Crippen LogP contribution in [-0.4, -0.2) is 74.3 Å². The summed E-state index contributed by atoms with van der Waals surface area (Å²) >= 11 is 0. The molecule has 1 N–H and O–H groups in total. The van der Waals surface area contributed by atoms with Gasteiger partial charge in [0.25, 0.3) is 0 Å². The molecule has 0 amide bonds. The van der Waals surface area contributed by atoms with Gasteiger partial charge in [0.15, 0.2) is 5.41 Å². The molecule has 0 aromatic heterocycles. The van der Waals surface area contributed by atoms with Crippen molar-refractivity contribution in [1.82, 2.24) is 9.80 Å². The quantitative estimate of drug-likeness (QED) is 0.159. The van der Waals surface area contributed by atoms with E-state index in [1.807, 2.05) is 12.1 Å². The van der Waals surface area contributed by atoms with Crippen molar-refractivity contribution in [3.63, 3.8) is 0 Å². The molecule has 2 saturated heterocycles. The molecule has 7 nitrogen and oxygen atoms in total. The first kappa shape index (κ1) is 45.3. The molecule has 0 spiro atoms. The Morgan fingerprint density at radius 2 is 1.00 bits per heavy atom. The molecule has 0 atom stereocenters. The lowest BCUT2D eigenvalue weighted by molar-refractivity contribution is -0.189. The summed E-state index contributed by atoms with van der Waals surface area (Å²) in [5.41, 5.74) is -0.521. The van der Waals surface area contributed by atoms with Gasteiger partial charge in [-0.1, -0.05) is 87.3 Å². The zero-order valence-electron chi connectivity index (χ0n) is 37.3. The lowest BCUT2D eigenvalue weighted by Gasteiger charge is -2.55. The van der Waals surface area contributed by atoms with Crippen molar-refractivity contribution >= 4 is 11.9 Å². The van der Waals surface area contributed by atoms with Crippen LogP contribution in [0.5, 0.6) is 5.75 Å². The Morgan fingerprint density at radius 3 is 1.28 bits per heavy atom. The predicted octanol–water partition coefficient (Wildman–Crippen LogP) is 10.7. The van der Waals surface area contributed by atoms with Crippen molar-refractivity contribution in [2.45, 2.75) is 227 Å². The van der Waals surface area contributed by atoms with Gasteiger partial charge in [0, 0.05) is 47.8 Å². The molecule has 53 heavy (non-hydrogen) atoms. The van der Waals surface area contributed by atoms with Crippen LogP contribution in [0.1, 0.15) is 192 Å². The monoisotopic (exact) mass is 741 g/mol. The van der Waals surface area contributed by atoms with Gasteiger partial charge in [-0.15, -0.1) is 0 Å². The van der Waals surface area contributed by atoms with Crippen LogP contribution in [0.15, 0.2) is 12.1 Å². The molecule has 1 aromatic carbocycles. The molecule has 2 aliphatic heterocycles. The molecule has 0 bridgehead atoms. The van der Waals surface area contributed by atoms with Gasteiger partial charge in [-0.2, -0.15) is 0 Å². The molecule has 2 aliphatic rings. The molecule has 0 aliphatic carbocycles. The minimum absolute atomic E-state index is 0.153. The number of piperidine rings is 2. The maximum absolute atomic E-state index is 15.2. The second kappa shape index (κ2) is 16.2. The van der Waals surface area contributed by atoms with E-state index in [1.54, 1.807) is 0 Å². The van der Waals surface area contributed by atoms with Gasteiger partial charge in [-0.05, 0) is 122 Å². The van der Waals surface area contributed by atoms with E-state index in [2.05, 4.69) is 128 Å². The van der Waals surface area contributed by atoms with Crippen molar-refractivity contribution in [2.24, 2.45) is 5.41 Å². The fourth-order valence-electron chi connectivity index (χ4n) is 10.1. The number of unbranched alkanes of at least 4 members (excludes halogenated alkanes) is 1. The van der Waals surface area contributed by atoms with Crippen molar-refractivity contribution in [3.8, 4) is 5.75 Å². The standard InChI is InChI=1S/C46H80N2O5/c1-18-21-22-46(27-32-25-35(40(4,5)6)37(49)36(26-32)41(7,8)9,38(50)52-33-28-42(10,11)47(23-19-2)43(12,13)29-33)39(51)53-34-30-44(14,15)48(24-20-3)45(16,17)31-34/h25-26,33-34,49H,18-24,27-31H2,1-17H3. The van der Waals surface area contributed by atoms with Crippen LogP contribution in [0.4, 0.5) is 0 Å². The molecular formula is C46H80N2O5. The number of carbonyl (C=O) groups excluding carboxylic acids is 2. The van der Waals surface area contributed by atoms with E-state index in [-0.39, 0.29) is 57.4 Å². The Labute approximate surface area is 325 Å². The number of aromatic hydroxyl groups is 1. The Hall–Kier alpha value is -2.12. The smallest absolute Gasteiger partial charge is 0.324 e. The molecule has 1 aromatic rings. The highest BCUT2D eigenvalue weighted by Crippen LogP contribution is 2.46.